The Morgan fingerprint density at radius 3 is 2.47 bits per heavy atom. The predicted molar refractivity (Wildman–Crippen MR) is 176 cm³/mol. The van der Waals surface area contributed by atoms with Gasteiger partial charge in [-0.25, -0.2) is 31.3 Å². The molecule has 16 heteroatoms. The van der Waals surface area contributed by atoms with E-state index in [1.807, 2.05) is 14.1 Å². The molecule has 0 radical (unpaired) electrons. The summed E-state index contributed by atoms with van der Waals surface area (Å²) in [5, 5.41) is 14.8. The van der Waals surface area contributed by atoms with Crippen LogP contribution in [0.3, 0.4) is 0 Å². The highest BCUT2D eigenvalue weighted by molar-refractivity contribution is 7.93. The van der Waals surface area contributed by atoms with E-state index < -0.39 is 38.7 Å². The largest absolute Gasteiger partial charge is 0.497 e. The molecule has 1 saturated carbocycles. The second-order valence-corrected chi connectivity index (χ2v) is 14.8. The summed E-state index contributed by atoms with van der Waals surface area (Å²) in [5.74, 6) is -1.58. The Hall–Kier alpha value is -3.76. The lowest BCUT2D eigenvalue weighted by atomic mass is 9.61. The van der Waals surface area contributed by atoms with Crippen LogP contribution in [0.1, 0.15) is 44.6 Å². The van der Waals surface area contributed by atoms with Crippen molar-refractivity contribution in [3.05, 3.63) is 53.9 Å². The first-order valence-electron chi connectivity index (χ1n) is 15.2. The normalized spacial score (nSPS) is 15.4. The minimum absolute atomic E-state index is 0.0352. The zero-order valence-corrected chi connectivity index (χ0v) is 28.8. The maximum absolute atomic E-state index is 15.7. The fourth-order valence-corrected chi connectivity index (χ4v) is 8.07. The molecule has 12 nitrogen and oxygen atoms in total. The van der Waals surface area contributed by atoms with Crippen molar-refractivity contribution in [3.63, 3.8) is 0 Å². The van der Waals surface area contributed by atoms with E-state index in [0.29, 0.717) is 29.5 Å². The van der Waals surface area contributed by atoms with Gasteiger partial charge in [-0.1, -0.05) is 6.42 Å². The molecule has 0 spiro atoms. The summed E-state index contributed by atoms with van der Waals surface area (Å²) >= 11 is 0.781. The summed E-state index contributed by atoms with van der Waals surface area (Å²) in [6, 6.07) is 5.79. The van der Waals surface area contributed by atoms with E-state index in [0.717, 1.165) is 54.1 Å². The summed E-state index contributed by atoms with van der Waals surface area (Å²) in [6.45, 7) is 2.47. The third-order valence-electron chi connectivity index (χ3n) is 8.77. The lowest BCUT2D eigenvalue weighted by Crippen LogP contribution is -2.44. The van der Waals surface area contributed by atoms with Crippen molar-refractivity contribution in [3.8, 4) is 11.5 Å². The molecule has 1 amide bonds. The third kappa shape index (κ3) is 8.78. The Balaban J connectivity index is 1.60. The van der Waals surface area contributed by atoms with E-state index in [1.54, 1.807) is 25.1 Å². The van der Waals surface area contributed by atoms with Gasteiger partial charge in [0.2, 0.25) is 5.13 Å². The molecule has 3 aromatic rings. The van der Waals surface area contributed by atoms with Crippen LogP contribution in [-0.2, 0) is 16.6 Å². The highest BCUT2D eigenvalue weighted by Gasteiger charge is 2.40. The van der Waals surface area contributed by atoms with Crippen LogP contribution < -0.4 is 24.4 Å². The molecule has 4 rings (SSSR count). The van der Waals surface area contributed by atoms with E-state index in [4.69, 9.17) is 9.47 Å². The zero-order chi connectivity index (χ0) is 34.4. The van der Waals surface area contributed by atoms with Crippen LogP contribution in [0.25, 0.3) is 0 Å². The molecule has 1 aromatic heterocycles. The van der Waals surface area contributed by atoms with Gasteiger partial charge in [-0.05, 0) is 82.8 Å². The number of carbonyl (C=O) groups is 1. The second-order valence-electron chi connectivity index (χ2n) is 12.2. The number of methoxy groups -OCH3 is 2. The van der Waals surface area contributed by atoms with Gasteiger partial charge in [-0.2, -0.15) is 4.37 Å². The number of nitrogens with zero attached hydrogens (tertiary/aromatic N) is 4. The number of benzene rings is 2. The molecule has 2 unspecified atom stereocenters. The molecule has 3 N–H and O–H groups in total. The lowest BCUT2D eigenvalue weighted by molar-refractivity contribution is 0.0660. The zero-order valence-electron chi connectivity index (χ0n) is 27.1. The van der Waals surface area contributed by atoms with Gasteiger partial charge in [0.15, 0.2) is 0 Å². The summed E-state index contributed by atoms with van der Waals surface area (Å²) in [5.41, 5.74) is 0.230. The van der Waals surface area contributed by atoms with Gasteiger partial charge in [-0.15, -0.1) is 0 Å². The highest BCUT2D eigenvalue weighted by Crippen LogP contribution is 2.49. The first kappa shape index (κ1) is 36.1. The number of ether oxygens (including phenoxy) is 2. The molecule has 1 aliphatic carbocycles. The molecule has 258 valence electrons. The van der Waals surface area contributed by atoms with Crippen molar-refractivity contribution in [2.75, 3.05) is 51.0 Å². The van der Waals surface area contributed by atoms with Crippen LogP contribution in [0.15, 0.2) is 41.6 Å². The number of rotatable bonds is 17. The molecule has 1 fully saturated rings. The smallest absolute Gasteiger partial charge is 0.404 e. The number of hydrogen-bond donors (Lipinski definition) is 3. The number of hydrogen-bond acceptors (Lipinski definition) is 10. The fraction of sp³-hybridized carbons (Fsp3) is 0.516. The van der Waals surface area contributed by atoms with Crippen LogP contribution in [0.4, 0.5) is 24.4 Å². The van der Waals surface area contributed by atoms with E-state index in [1.165, 1.54) is 20.5 Å². The Labute approximate surface area is 278 Å². The summed E-state index contributed by atoms with van der Waals surface area (Å²) in [4.78, 5) is 16.7. The molecular formula is C31H42F2N6O6S2. The number of sulfonamides is 1. The van der Waals surface area contributed by atoms with Gasteiger partial charge < -0.3 is 30.1 Å². The first-order chi connectivity index (χ1) is 22.3. The molecule has 2 atom stereocenters. The maximum Gasteiger partial charge on any atom is 0.404 e. The van der Waals surface area contributed by atoms with Crippen LogP contribution in [0.5, 0.6) is 11.5 Å². The molecule has 1 heterocycles. The topological polar surface area (TPSA) is 146 Å². The van der Waals surface area contributed by atoms with E-state index in [-0.39, 0.29) is 35.2 Å². The van der Waals surface area contributed by atoms with E-state index in [2.05, 4.69) is 24.9 Å². The van der Waals surface area contributed by atoms with Crippen molar-refractivity contribution in [2.45, 2.75) is 56.5 Å². The van der Waals surface area contributed by atoms with Gasteiger partial charge in [0, 0.05) is 41.8 Å². The molecule has 47 heavy (non-hydrogen) atoms. The Kier molecular flexibility index (Phi) is 11.8. The summed E-state index contributed by atoms with van der Waals surface area (Å²) < 4.78 is 74.5. The van der Waals surface area contributed by atoms with Crippen molar-refractivity contribution >= 4 is 38.5 Å². The fourth-order valence-electron chi connectivity index (χ4n) is 5.88. The van der Waals surface area contributed by atoms with E-state index >= 15 is 8.78 Å². The van der Waals surface area contributed by atoms with Crippen molar-refractivity contribution in [1.82, 2.24) is 19.6 Å². The molecule has 0 bridgehead atoms. The highest BCUT2D eigenvalue weighted by atomic mass is 32.2. The standard InChI is InChI=1S/C31H42F2N6O6S2/c1-20(37-30(40)41)22(16-31(9-6-10-31)11-12-38(2)3)17-34-26-14-25(33)28(15-24(26)32)47(42,43)39(29-35-19-36-46-29)18-21-7-8-23(44-4)13-27(21)45-5/h7-8,13-15,19-20,22,34,37H,6,9-12,16-18H2,1-5H3,(H,40,41). The first-order valence-corrected chi connectivity index (χ1v) is 17.4. The summed E-state index contributed by atoms with van der Waals surface area (Å²) in [6.07, 6.45) is 4.75. The van der Waals surface area contributed by atoms with Gasteiger partial charge in [0.1, 0.15) is 34.4 Å². The minimum atomic E-state index is -4.69. The minimum Gasteiger partial charge on any atom is -0.497 e. The van der Waals surface area contributed by atoms with Gasteiger partial charge in [0.25, 0.3) is 10.0 Å². The molecule has 2 aromatic carbocycles. The van der Waals surface area contributed by atoms with Gasteiger partial charge in [0.05, 0.1) is 26.5 Å². The Morgan fingerprint density at radius 2 is 1.89 bits per heavy atom. The van der Waals surface area contributed by atoms with Crippen molar-refractivity contribution in [2.24, 2.45) is 11.3 Å². The number of carboxylic acid groups (broad SMARTS) is 1. The van der Waals surface area contributed by atoms with E-state index in [9.17, 15) is 18.3 Å². The molecular weight excluding hydrogens is 655 g/mol. The van der Waals surface area contributed by atoms with Gasteiger partial charge >= 0.3 is 6.09 Å². The Morgan fingerprint density at radius 1 is 1.15 bits per heavy atom. The molecule has 0 aliphatic heterocycles. The molecule has 0 saturated heterocycles. The maximum atomic E-state index is 15.7. The van der Waals surface area contributed by atoms with Crippen molar-refractivity contribution < 1.29 is 36.6 Å². The number of amides is 1. The Bertz CT molecular complexity index is 1620. The average Bonchev–Trinajstić information content (AvgIpc) is 3.54. The predicted octanol–water partition coefficient (Wildman–Crippen LogP) is 5.43. The van der Waals surface area contributed by atoms with Crippen LogP contribution in [0.2, 0.25) is 0 Å². The second kappa shape index (κ2) is 15.4. The number of nitrogens with one attached hydrogen (secondary N) is 2. The number of aromatic nitrogens is 2. The van der Waals surface area contributed by atoms with Crippen molar-refractivity contribution in [1.29, 1.82) is 0 Å². The monoisotopic (exact) mass is 696 g/mol. The molecule has 1 aliphatic rings. The van der Waals surface area contributed by atoms with Crippen LogP contribution >= 0.6 is 11.5 Å². The average molecular weight is 697 g/mol. The van der Waals surface area contributed by atoms with Gasteiger partial charge in [-0.3, -0.25) is 0 Å². The van der Waals surface area contributed by atoms with Crippen LogP contribution in [0, 0.1) is 23.0 Å². The lowest BCUT2D eigenvalue weighted by Gasteiger charge is -2.46. The number of anilines is 2. The van der Waals surface area contributed by atoms with Crippen LogP contribution in [-0.4, -0.2) is 81.3 Å². The number of halogens is 2. The SMILES string of the molecule is COc1ccc(CN(c2ncns2)S(=O)(=O)c2cc(F)c(NCC(CC3(CCN(C)C)CCC3)C(C)NC(=O)O)cc2F)c(OC)c1. The quantitative estimate of drug-likeness (QED) is 0.167. The summed E-state index contributed by atoms with van der Waals surface area (Å²) in [7, 11) is 2.21. The third-order valence-corrected chi connectivity index (χ3v) is 11.3.